The van der Waals surface area contributed by atoms with Crippen molar-refractivity contribution in [1.82, 2.24) is 19.4 Å². The maximum atomic E-state index is 14.2. The van der Waals surface area contributed by atoms with Crippen LogP contribution in [0, 0.1) is 5.82 Å². The van der Waals surface area contributed by atoms with Gasteiger partial charge in [0.15, 0.2) is 11.6 Å². The standard InChI is InChI=1S/C18H25ClFN5/c1-23(2)7-4-9-24-10-6-21-17(24)14-5-3-8-25(13-14)18-16(20)11-15(19)12-22-18/h6,10-12,14H,3-5,7-9,13H2,1-2H3/t14-/m1/s1. The molecule has 0 unspecified atom stereocenters. The Labute approximate surface area is 153 Å². The Balaban J connectivity index is 1.70. The lowest BCUT2D eigenvalue weighted by atomic mass is 9.97. The lowest BCUT2D eigenvalue weighted by Gasteiger charge is -2.33. The number of nitrogens with zero attached hydrogens (tertiary/aromatic N) is 5. The molecule has 1 saturated heterocycles. The maximum absolute atomic E-state index is 14.2. The van der Waals surface area contributed by atoms with Crippen molar-refractivity contribution in [2.24, 2.45) is 0 Å². The highest BCUT2D eigenvalue weighted by Gasteiger charge is 2.26. The predicted octanol–water partition coefficient (Wildman–Crippen LogP) is 3.41. The molecule has 1 aliphatic rings. The van der Waals surface area contributed by atoms with Gasteiger partial charge in [-0.05, 0) is 46.0 Å². The van der Waals surface area contributed by atoms with E-state index in [0.29, 0.717) is 16.8 Å². The van der Waals surface area contributed by atoms with E-state index in [-0.39, 0.29) is 5.82 Å². The normalized spacial score (nSPS) is 18.1. The molecule has 2 aromatic rings. The van der Waals surface area contributed by atoms with Gasteiger partial charge in [0, 0.05) is 44.1 Å². The number of imidazole rings is 1. The molecule has 0 N–H and O–H groups in total. The fraction of sp³-hybridized carbons (Fsp3) is 0.556. The third-order valence-electron chi connectivity index (χ3n) is 4.63. The molecule has 2 aromatic heterocycles. The van der Waals surface area contributed by atoms with Crippen molar-refractivity contribution in [3.05, 3.63) is 41.3 Å². The molecule has 7 heteroatoms. The van der Waals surface area contributed by atoms with E-state index in [1.807, 2.05) is 17.3 Å². The summed E-state index contributed by atoms with van der Waals surface area (Å²) in [7, 11) is 4.17. The third-order valence-corrected chi connectivity index (χ3v) is 4.83. The molecule has 3 rings (SSSR count). The topological polar surface area (TPSA) is 37.2 Å². The molecular formula is C18H25ClFN5. The number of hydrogen-bond acceptors (Lipinski definition) is 4. The summed E-state index contributed by atoms with van der Waals surface area (Å²) in [5.41, 5.74) is 0. The Morgan fingerprint density at radius 2 is 2.20 bits per heavy atom. The molecule has 0 amide bonds. The highest BCUT2D eigenvalue weighted by atomic mass is 35.5. The van der Waals surface area contributed by atoms with E-state index in [9.17, 15) is 4.39 Å². The van der Waals surface area contributed by atoms with Crippen LogP contribution in [-0.4, -0.2) is 53.2 Å². The van der Waals surface area contributed by atoms with Crippen molar-refractivity contribution in [2.45, 2.75) is 31.7 Å². The second kappa shape index (κ2) is 8.15. The summed E-state index contributed by atoms with van der Waals surface area (Å²) < 4.78 is 16.5. The molecule has 3 heterocycles. The fourth-order valence-electron chi connectivity index (χ4n) is 3.45. The minimum Gasteiger partial charge on any atom is -0.353 e. The average molecular weight is 366 g/mol. The zero-order valence-corrected chi connectivity index (χ0v) is 15.6. The first kappa shape index (κ1) is 18.1. The van der Waals surface area contributed by atoms with Crippen molar-refractivity contribution in [3.8, 4) is 0 Å². The summed E-state index contributed by atoms with van der Waals surface area (Å²) in [5.74, 6) is 1.42. The van der Waals surface area contributed by atoms with Crippen LogP contribution in [0.2, 0.25) is 5.02 Å². The Hall–Kier alpha value is -1.66. The van der Waals surface area contributed by atoms with Crippen LogP contribution in [0.25, 0.3) is 0 Å². The Kier molecular flexibility index (Phi) is 5.91. The monoisotopic (exact) mass is 365 g/mol. The molecule has 1 atom stereocenters. The number of piperidine rings is 1. The fourth-order valence-corrected chi connectivity index (χ4v) is 3.59. The van der Waals surface area contributed by atoms with Gasteiger partial charge in [-0.2, -0.15) is 0 Å². The van der Waals surface area contributed by atoms with E-state index in [1.54, 1.807) is 0 Å². The molecule has 0 saturated carbocycles. The van der Waals surface area contributed by atoms with Gasteiger partial charge >= 0.3 is 0 Å². The van der Waals surface area contributed by atoms with Crippen molar-refractivity contribution in [1.29, 1.82) is 0 Å². The van der Waals surface area contributed by atoms with Gasteiger partial charge in [0.2, 0.25) is 0 Å². The van der Waals surface area contributed by atoms with Crippen LogP contribution in [0.4, 0.5) is 10.2 Å². The van der Waals surface area contributed by atoms with E-state index in [1.165, 1.54) is 12.3 Å². The highest BCUT2D eigenvalue weighted by Crippen LogP contribution is 2.30. The van der Waals surface area contributed by atoms with E-state index in [0.717, 1.165) is 51.3 Å². The van der Waals surface area contributed by atoms with Crippen LogP contribution in [0.3, 0.4) is 0 Å². The lowest BCUT2D eigenvalue weighted by molar-refractivity contribution is 0.380. The van der Waals surface area contributed by atoms with Gasteiger partial charge in [0.1, 0.15) is 5.82 Å². The summed E-state index contributed by atoms with van der Waals surface area (Å²) in [4.78, 5) is 13.0. The molecule has 136 valence electrons. The van der Waals surface area contributed by atoms with E-state index in [2.05, 4.69) is 33.5 Å². The Morgan fingerprint density at radius 3 is 2.96 bits per heavy atom. The Bertz CT molecular complexity index is 703. The van der Waals surface area contributed by atoms with Crippen molar-refractivity contribution < 1.29 is 4.39 Å². The number of pyridine rings is 1. The van der Waals surface area contributed by atoms with E-state index >= 15 is 0 Å². The van der Waals surface area contributed by atoms with Gasteiger partial charge < -0.3 is 14.4 Å². The molecule has 5 nitrogen and oxygen atoms in total. The van der Waals surface area contributed by atoms with Gasteiger partial charge in [-0.15, -0.1) is 0 Å². The van der Waals surface area contributed by atoms with Crippen molar-refractivity contribution in [2.75, 3.05) is 38.6 Å². The molecule has 0 radical (unpaired) electrons. The van der Waals surface area contributed by atoms with Crippen LogP contribution in [0.5, 0.6) is 0 Å². The number of halogens is 2. The zero-order chi connectivity index (χ0) is 17.8. The third kappa shape index (κ3) is 4.50. The van der Waals surface area contributed by atoms with E-state index in [4.69, 9.17) is 11.6 Å². The molecule has 0 aliphatic carbocycles. The number of aromatic nitrogens is 3. The van der Waals surface area contributed by atoms with Gasteiger partial charge in [-0.25, -0.2) is 14.4 Å². The number of rotatable bonds is 6. The molecule has 1 aliphatic heterocycles. The first-order valence-corrected chi connectivity index (χ1v) is 9.14. The largest absolute Gasteiger partial charge is 0.353 e. The van der Waals surface area contributed by atoms with Crippen LogP contribution in [0.15, 0.2) is 24.7 Å². The minimum absolute atomic E-state index is 0.292. The van der Waals surface area contributed by atoms with Gasteiger partial charge in [0.05, 0.1) is 5.02 Å². The number of anilines is 1. The minimum atomic E-state index is -0.359. The summed E-state index contributed by atoms with van der Waals surface area (Å²) in [5, 5.41) is 0.325. The smallest absolute Gasteiger partial charge is 0.167 e. The number of aryl methyl sites for hydroxylation is 1. The first-order valence-electron chi connectivity index (χ1n) is 8.76. The van der Waals surface area contributed by atoms with Gasteiger partial charge in [0.25, 0.3) is 0 Å². The zero-order valence-electron chi connectivity index (χ0n) is 14.8. The summed E-state index contributed by atoms with van der Waals surface area (Å²) >= 11 is 5.82. The lowest BCUT2D eigenvalue weighted by Crippen LogP contribution is -2.36. The number of hydrogen-bond donors (Lipinski definition) is 0. The second-order valence-corrected chi connectivity index (χ2v) is 7.32. The maximum Gasteiger partial charge on any atom is 0.167 e. The quantitative estimate of drug-likeness (QED) is 0.786. The molecule has 0 spiro atoms. The molecule has 25 heavy (non-hydrogen) atoms. The van der Waals surface area contributed by atoms with Crippen LogP contribution in [-0.2, 0) is 6.54 Å². The van der Waals surface area contributed by atoms with E-state index < -0.39 is 0 Å². The average Bonchev–Trinajstić information content (AvgIpc) is 3.03. The Morgan fingerprint density at radius 1 is 1.36 bits per heavy atom. The van der Waals surface area contributed by atoms with Crippen molar-refractivity contribution in [3.63, 3.8) is 0 Å². The highest BCUT2D eigenvalue weighted by molar-refractivity contribution is 6.30. The summed E-state index contributed by atoms with van der Waals surface area (Å²) in [6, 6.07) is 1.33. The van der Waals surface area contributed by atoms with Crippen LogP contribution >= 0.6 is 11.6 Å². The molecule has 0 bridgehead atoms. The summed E-state index contributed by atoms with van der Waals surface area (Å²) in [6.07, 6.45) is 8.57. The SMILES string of the molecule is CN(C)CCCn1ccnc1[C@@H]1CCCN(c2ncc(Cl)cc2F)C1. The molecular weight excluding hydrogens is 341 g/mol. The predicted molar refractivity (Wildman–Crippen MR) is 98.8 cm³/mol. The first-order chi connectivity index (χ1) is 12.0. The summed E-state index contributed by atoms with van der Waals surface area (Å²) in [6.45, 7) is 3.55. The molecule has 0 aromatic carbocycles. The van der Waals surface area contributed by atoms with Gasteiger partial charge in [-0.3, -0.25) is 0 Å². The van der Waals surface area contributed by atoms with Crippen molar-refractivity contribution >= 4 is 17.4 Å². The van der Waals surface area contributed by atoms with Gasteiger partial charge in [-0.1, -0.05) is 11.6 Å². The van der Waals surface area contributed by atoms with Crippen LogP contribution in [0.1, 0.15) is 31.0 Å². The second-order valence-electron chi connectivity index (χ2n) is 6.88. The van der Waals surface area contributed by atoms with Crippen LogP contribution < -0.4 is 4.90 Å². The molecule has 1 fully saturated rings.